The molecule has 0 saturated heterocycles. The lowest BCUT2D eigenvalue weighted by molar-refractivity contribution is 0.414. The van der Waals surface area contributed by atoms with Crippen LogP contribution in [0.4, 0.5) is 0 Å². The average Bonchev–Trinajstić information content (AvgIpc) is 3.35. The summed E-state index contributed by atoms with van der Waals surface area (Å²) in [7, 11) is -1.98. The smallest absolute Gasteiger partial charge is 0.240 e. The average molecular weight is 352 g/mol. The highest BCUT2D eigenvalue weighted by Gasteiger charge is 2.44. The number of rotatable bonds is 6. The predicted molar refractivity (Wildman–Crippen MR) is 90.5 cm³/mol. The fraction of sp³-hybridized carbons (Fsp3) is 0.294. The molecule has 1 fully saturated rings. The van der Waals surface area contributed by atoms with E-state index >= 15 is 0 Å². The Morgan fingerprint density at radius 1 is 1.09 bits per heavy atom. The van der Waals surface area contributed by atoms with Gasteiger partial charge < -0.3 is 4.74 Å². The monoisotopic (exact) mass is 351 g/mol. The zero-order chi connectivity index (χ0) is 16.5. The van der Waals surface area contributed by atoms with E-state index in [4.69, 9.17) is 16.3 Å². The fourth-order valence-electron chi connectivity index (χ4n) is 2.59. The minimum atomic E-state index is -3.53. The van der Waals surface area contributed by atoms with Gasteiger partial charge in [0.15, 0.2) is 0 Å². The van der Waals surface area contributed by atoms with Crippen LogP contribution in [0.25, 0.3) is 0 Å². The zero-order valence-electron chi connectivity index (χ0n) is 12.8. The van der Waals surface area contributed by atoms with Crippen LogP contribution in [0, 0.1) is 0 Å². The molecule has 122 valence electrons. The van der Waals surface area contributed by atoms with Gasteiger partial charge in [-0.2, -0.15) is 0 Å². The molecular weight excluding hydrogens is 334 g/mol. The third-order valence-corrected chi connectivity index (χ3v) is 5.95. The van der Waals surface area contributed by atoms with Crippen LogP contribution < -0.4 is 9.46 Å². The summed E-state index contributed by atoms with van der Waals surface area (Å²) in [6.45, 7) is 0.392. The van der Waals surface area contributed by atoms with Crippen LogP contribution in [0.5, 0.6) is 5.75 Å². The molecule has 0 spiro atoms. The first-order chi connectivity index (χ1) is 11.0. The van der Waals surface area contributed by atoms with Gasteiger partial charge in [0.05, 0.1) is 12.0 Å². The first-order valence-corrected chi connectivity index (χ1v) is 9.21. The van der Waals surface area contributed by atoms with Crippen LogP contribution in [0.15, 0.2) is 53.4 Å². The maximum absolute atomic E-state index is 12.4. The number of nitrogens with one attached hydrogen (secondary N) is 1. The van der Waals surface area contributed by atoms with E-state index in [9.17, 15) is 8.42 Å². The van der Waals surface area contributed by atoms with Crippen LogP contribution in [0.1, 0.15) is 18.4 Å². The Morgan fingerprint density at radius 2 is 1.70 bits per heavy atom. The van der Waals surface area contributed by atoms with Gasteiger partial charge in [-0.25, -0.2) is 13.1 Å². The van der Waals surface area contributed by atoms with Gasteiger partial charge in [0.25, 0.3) is 0 Å². The summed E-state index contributed by atoms with van der Waals surface area (Å²) in [6.07, 6.45) is 1.94. The normalized spacial score (nSPS) is 16.1. The third kappa shape index (κ3) is 3.52. The summed E-state index contributed by atoms with van der Waals surface area (Å²) in [4.78, 5) is 0.241. The van der Waals surface area contributed by atoms with E-state index in [2.05, 4.69) is 4.72 Å². The van der Waals surface area contributed by atoms with Crippen LogP contribution in [-0.4, -0.2) is 22.1 Å². The summed E-state index contributed by atoms with van der Waals surface area (Å²) < 4.78 is 32.6. The van der Waals surface area contributed by atoms with Gasteiger partial charge in [0.2, 0.25) is 10.0 Å². The fourth-order valence-corrected chi connectivity index (χ4v) is 3.85. The van der Waals surface area contributed by atoms with E-state index in [1.165, 1.54) is 0 Å². The Balaban J connectivity index is 1.72. The van der Waals surface area contributed by atoms with Crippen molar-refractivity contribution in [3.8, 4) is 5.75 Å². The topological polar surface area (TPSA) is 55.4 Å². The maximum Gasteiger partial charge on any atom is 0.240 e. The van der Waals surface area contributed by atoms with E-state index in [-0.39, 0.29) is 10.3 Å². The minimum absolute atomic E-state index is 0.107. The van der Waals surface area contributed by atoms with Crippen molar-refractivity contribution >= 4 is 21.6 Å². The first kappa shape index (κ1) is 16.3. The second-order valence-corrected chi connectivity index (χ2v) is 7.99. The highest BCUT2D eigenvalue weighted by Crippen LogP contribution is 2.48. The highest BCUT2D eigenvalue weighted by molar-refractivity contribution is 7.89. The molecule has 3 rings (SSSR count). The molecular formula is C17H18ClNO3S. The van der Waals surface area contributed by atoms with Gasteiger partial charge >= 0.3 is 0 Å². The van der Waals surface area contributed by atoms with E-state index in [0.717, 1.165) is 18.4 Å². The molecule has 0 aliphatic heterocycles. The molecule has 23 heavy (non-hydrogen) atoms. The largest absolute Gasteiger partial charge is 0.497 e. The predicted octanol–water partition coefficient (Wildman–Crippen LogP) is 3.36. The molecule has 0 bridgehead atoms. The van der Waals surface area contributed by atoms with E-state index in [0.29, 0.717) is 17.3 Å². The molecule has 0 aromatic heterocycles. The van der Waals surface area contributed by atoms with Crippen LogP contribution in [-0.2, 0) is 15.4 Å². The van der Waals surface area contributed by atoms with Crippen molar-refractivity contribution in [1.82, 2.24) is 4.72 Å². The lowest BCUT2D eigenvalue weighted by Crippen LogP contribution is -2.32. The zero-order valence-corrected chi connectivity index (χ0v) is 14.3. The molecule has 1 aliphatic rings. The van der Waals surface area contributed by atoms with Crippen LogP contribution in [0.2, 0.25) is 5.02 Å². The molecule has 1 saturated carbocycles. The van der Waals surface area contributed by atoms with Gasteiger partial charge in [-0.3, -0.25) is 0 Å². The molecule has 0 amide bonds. The maximum atomic E-state index is 12.4. The Labute approximate surface area is 141 Å². The molecule has 1 aliphatic carbocycles. The lowest BCUT2D eigenvalue weighted by atomic mass is 9.96. The molecule has 2 aromatic carbocycles. The van der Waals surface area contributed by atoms with Crippen molar-refractivity contribution in [3.05, 3.63) is 59.1 Å². The molecule has 2 aromatic rings. The number of hydrogen-bond acceptors (Lipinski definition) is 3. The second-order valence-electron chi connectivity index (χ2n) is 5.79. The summed E-state index contributed by atoms with van der Waals surface area (Å²) in [5.41, 5.74) is 1.02. The quantitative estimate of drug-likeness (QED) is 0.868. The van der Waals surface area contributed by atoms with Gasteiger partial charge in [-0.05, 0) is 54.8 Å². The summed E-state index contributed by atoms with van der Waals surface area (Å²) in [6, 6.07) is 14.0. The molecule has 0 heterocycles. The van der Waals surface area contributed by atoms with Gasteiger partial charge in [0.1, 0.15) is 5.75 Å². The molecule has 0 radical (unpaired) electrons. The second kappa shape index (κ2) is 6.15. The van der Waals surface area contributed by atoms with Crippen molar-refractivity contribution in [2.75, 3.05) is 13.7 Å². The Kier molecular flexibility index (Phi) is 4.36. The molecule has 1 N–H and O–H groups in total. The van der Waals surface area contributed by atoms with Crippen LogP contribution >= 0.6 is 11.6 Å². The number of halogens is 1. The minimum Gasteiger partial charge on any atom is -0.497 e. The van der Waals surface area contributed by atoms with Gasteiger partial charge in [-0.1, -0.05) is 23.7 Å². The SMILES string of the molecule is COc1ccc(S(=O)(=O)NCC2(c3ccc(Cl)cc3)CC2)cc1. The number of hydrogen-bond donors (Lipinski definition) is 1. The van der Waals surface area contributed by atoms with Crippen molar-refractivity contribution in [1.29, 1.82) is 0 Å². The standard InChI is InChI=1S/C17H18ClNO3S/c1-22-15-6-8-16(9-7-15)23(20,21)19-12-17(10-11-17)13-2-4-14(18)5-3-13/h2-9,19H,10-12H2,1H3. The van der Waals surface area contributed by atoms with Crippen molar-refractivity contribution in [2.45, 2.75) is 23.2 Å². The molecule has 6 heteroatoms. The third-order valence-electron chi connectivity index (χ3n) is 4.28. The molecule has 0 unspecified atom stereocenters. The Morgan fingerprint density at radius 3 is 2.22 bits per heavy atom. The molecule has 4 nitrogen and oxygen atoms in total. The number of ether oxygens (including phenoxy) is 1. The van der Waals surface area contributed by atoms with Gasteiger partial charge in [-0.15, -0.1) is 0 Å². The Bertz CT molecular complexity index is 782. The van der Waals surface area contributed by atoms with Crippen molar-refractivity contribution in [3.63, 3.8) is 0 Å². The van der Waals surface area contributed by atoms with Crippen molar-refractivity contribution < 1.29 is 13.2 Å². The number of benzene rings is 2. The van der Waals surface area contributed by atoms with E-state index in [1.54, 1.807) is 31.4 Å². The Hall–Kier alpha value is -1.56. The van der Waals surface area contributed by atoms with E-state index in [1.807, 2.05) is 24.3 Å². The number of sulfonamides is 1. The first-order valence-electron chi connectivity index (χ1n) is 7.35. The highest BCUT2D eigenvalue weighted by atomic mass is 35.5. The van der Waals surface area contributed by atoms with E-state index < -0.39 is 10.0 Å². The van der Waals surface area contributed by atoms with Crippen LogP contribution in [0.3, 0.4) is 0 Å². The summed E-state index contributed by atoms with van der Waals surface area (Å²) >= 11 is 5.91. The van der Waals surface area contributed by atoms with Crippen molar-refractivity contribution in [2.24, 2.45) is 0 Å². The summed E-state index contributed by atoms with van der Waals surface area (Å²) in [5.74, 6) is 0.628. The number of methoxy groups -OCH3 is 1. The lowest BCUT2D eigenvalue weighted by Gasteiger charge is -2.17. The van der Waals surface area contributed by atoms with Gasteiger partial charge in [0, 0.05) is 17.0 Å². The molecule has 0 atom stereocenters. The summed E-state index contributed by atoms with van der Waals surface area (Å²) in [5, 5.41) is 0.684.